The van der Waals surface area contributed by atoms with Crippen LogP contribution in [0.3, 0.4) is 0 Å². The number of hydrogen-bond acceptors (Lipinski definition) is 7. The van der Waals surface area contributed by atoms with Crippen molar-refractivity contribution in [3.63, 3.8) is 0 Å². The van der Waals surface area contributed by atoms with Gasteiger partial charge in [0.1, 0.15) is 6.04 Å². The number of nitrogens with two attached hydrogens (primary N) is 1. The first-order valence-corrected chi connectivity index (χ1v) is 12.8. The van der Waals surface area contributed by atoms with Crippen LogP contribution in [0.2, 0.25) is 0 Å². The number of amides is 1. The monoisotopic (exact) mass is 503 g/mol. The van der Waals surface area contributed by atoms with Crippen molar-refractivity contribution in [1.82, 2.24) is 4.90 Å². The van der Waals surface area contributed by atoms with Crippen molar-refractivity contribution in [2.45, 2.75) is 30.7 Å². The van der Waals surface area contributed by atoms with E-state index < -0.39 is 41.0 Å². The van der Waals surface area contributed by atoms with Crippen molar-refractivity contribution in [3.05, 3.63) is 111 Å². The van der Waals surface area contributed by atoms with Crippen molar-refractivity contribution < 1.29 is 19.2 Å². The highest BCUT2D eigenvalue weighted by molar-refractivity contribution is 7.99. The van der Waals surface area contributed by atoms with Gasteiger partial charge >= 0.3 is 5.97 Å². The van der Waals surface area contributed by atoms with E-state index in [2.05, 4.69) is 0 Å². The lowest BCUT2D eigenvalue weighted by Crippen LogP contribution is -2.56. The molecule has 36 heavy (non-hydrogen) atoms. The molecular weight excluding hydrogens is 478 g/mol. The van der Waals surface area contributed by atoms with Crippen LogP contribution in [-0.4, -0.2) is 45.3 Å². The quantitative estimate of drug-likeness (QED) is 0.320. The van der Waals surface area contributed by atoms with Gasteiger partial charge < -0.3 is 15.4 Å². The van der Waals surface area contributed by atoms with Gasteiger partial charge in [0.2, 0.25) is 5.91 Å². The van der Waals surface area contributed by atoms with E-state index >= 15 is 0 Å². The minimum atomic E-state index is -0.993. The zero-order chi connectivity index (χ0) is 25.2. The number of benzene rings is 3. The van der Waals surface area contributed by atoms with E-state index in [1.165, 1.54) is 22.7 Å². The number of thioether (sulfide) groups is 1. The maximum atomic E-state index is 13.7. The zero-order valence-corrected chi connectivity index (χ0v) is 20.2. The molecule has 2 heterocycles. The summed E-state index contributed by atoms with van der Waals surface area (Å²) in [5.41, 5.74) is 8.94. The molecule has 1 saturated heterocycles. The summed E-state index contributed by atoms with van der Waals surface area (Å²) in [4.78, 5) is 39.9. The lowest BCUT2D eigenvalue weighted by atomic mass is 9.96. The van der Waals surface area contributed by atoms with Crippen LogP contribution in [0.25, 0.3) is 0 Å². The Hall–Kier alpha value is -3.69. The predicted molar refractivity (Wildman–Crippen MR) is 136 cm³/mol. The van der Waals surface area contributed by atoms with E-state index in [1.807, 2.05) is 60.7 Å². The lowest BCUT2D eigenvalue weighted by molar-refractivity contribution is -0.385. The van der Waals surface area contributed by atoms with Crippen LogP contribution in [0.15, 0.2) is 78.9 Å². The molecule has 1 fully saturated rings. The van der Waals surface area contributed by atoms with Crippen LogP contribution in [0.5, 0.6) is 0 Å². The molecule has 2 aliphatic heterocycles. The molecule has 3 aromatic rings. The van der Waals surface area contributed by atoms with Crippen molar-refractivity contribution in [1.29, 1.82) is 0 Å². The van der Waals surface area contributed by atoms with Gasteiger partial charge in [0, 0.05) is 29.6 Å². The number of esters is 1. The number of nitro benzene ring substituents is 1. The van der Waals surface area contributed by atoms with E-state index in [9.17, 15) is 19.7 Å². The molecule has 3 atom stereocenters. The summed E-state index contributed by atoms with van der Waals surface area (Å²) in [5.74, 6) is -0.0611. The second kappa shape index (κ2) is 10.1. The Labute approximate surface area is 212 Å². The Bertz CT molecular complexity index is 1250. The summed E-state index contributed by atoms with van der Waals surface area (Å²) in [6, 6.07) is 21.4. The standard InChI is InChI=1S/C27H25N3O5S/c28-21-14-20-19(12-7-13-22(20)30(33)34)23-15-36-16-24(29(23)26(21)31)27(32)35-25(17-8-3-1-4-9-17)18-10-5-2-6-11-18/h1-13,21,23-25H,14-16,28H2. The SMILES string of the molecule is NC1Cc2c(cccc2[N+](=O)[O-])C2CSCC(C(=O)OC(c3ccccc3)c3ccccc3)N2C1=O. The number of carbonyl (C=O) groups excluding carboxylic acids is 2. The Morgan fingerprint density at radius 3 is 2.25 bits per heavy atom. The van der Waals surface area contributed by atoms with Gasteiger partial charge in [-0.1, -0.05) is 72.8 Å². The molecule has 9 heteroatoms. The molecule has 3 unspecified atom stereocenters. The number of fused-ring (bicyclic) bond motifs is 3. The highest BCUT2D eigenvalue weighted by Gasteiger charge is 2.46. The molecule has 2 aliphatic rings. The Morgan fingerprint density at radius 2 is 1.64 bits per heavy atom. The third-order valence-electron chi connectivity index (χ3n) is 6.67. The van der Waals surface area contributed by atoms with Crippen molar-refractivity contribution in [3.8, 4) is 0 Å². The third kappa shape index (κ3) is 4.47. The summed E-state index contributed by atoms with van der Waals surface area (Å²) < 4.78 is 6.09. The fourth-order valence-electron chi connectivity index (χ4n) is 4.97. The van der Waals surface area contributed by atoms with Gasteiger partial charge in [0.25, 0.3) is 5.69 Å². The largest absolute Gasteiger partial charge is 0.451 e. The number of rotatable bonds is 5. The molecule has 0 saturated carbocycles. The molecule has 0 bridgehead atoms. The van der Waals surface area contributed by atoms with Crippen LogP contribution < -0.4 is 5.73 Å². The maximum absolute atomic E-state index is 13.7. The van der Waals surface area contributed by atoms with Gasteiger partial charge in [-0.15, -0.1) is 0 Å². The number of hydrogen-bond donors (Lipinski definition) is 1. The van der Waals surface area contributed by atoms with Gasteiger partial charge in [0.15, 0.2) is 6.10 Å². The second-order valence-corrected chi connectivity index (χ2v) is 9.94. The molecule has 5 rings (SSSR count). The van der Waals surface area contributed by atoms with Crippen LogP contribution >= 0.6 is 11.8 Å². The van der Waals surface area contributed by atoms with Gasteiger partial charge in [-0.05, 0) is 16.7 Å². The fourth-order valence-corrected chi connectivity index (χ4v) is 6.19. The molecule has 0 spiro atoms. The van der Waals surface area contributed by atoms with Gasteiger partial charge in [-0.2, -0.15) is 11.8 Å². The summed E-state index contributed by atoms with van der Waals surface area (Å²) in [6.07, 6.45) is -0.601. The molecule has 0 aromatic heterocycles. The van der Waals surface area contributed by atoms with Gasteiger partial charge in [-0.3, -0.25) is 14.9 Å². The van der Waals surface area contributed by atoms with Crippen molar-refractivity contribution >= 4 is 29.3 Å². The van der Waals surface area contributed by atoms with Gasteiger partial charge in [-0.25, -0.2) is 4.79 Å². The second-order valence-electron chi connectivity index (χ2n) is 8.87. The predicted octanol–water partition coefficient (Wildman–Crippen LogP) is 3.80. The maximum Gasteiger partial charge on any atom is 0.330 e. The fraction of sp³-hybridized carbons (Fsp3) is 0.259. The topological polar surface area (TPSA) is 116 Å². The molecule has 0 aliphatic carbocycles. The number of carbonyl (C=O) groups is 2. The molecule has 184 valence electrons. The first-order chi connectivity index (χ1) is 17.5. The minimum Gasteiger partial charge on any atom is -0.451 e. The molecule has 2 N–H and O–H groups in total. The normalized spacial score (nSPS) is 21.3. The molecule has 1 amide bonds. The number of nitro groups is 1. The summed E-state index contributed by atoms with van der Waals surface area (Å²) in [5, 5.41) is 11.7. The average Bonchev–Trinajstić information content (AvgIpc) is 3.02. The Kier molecular flexibility index (Phi) is 6.75. The van der Waals surface area contributed by atoms with Crippen LogP contribution in [0.4, 0.5) is 5.69 Å². The molecule has 3 aromatic carbocycles. The summed E-state index contributed by atoms with van der Waals surface area (Å²) in [7, 11) is 0. The molecule has 0 radical (unpaired) electrons. The highest BCUT2D eigenvalue weighted by atomic mass is 32.2. The van der Waals surface area contributed by atoms with E-state index in [0.717, 1.165) is 11.1 Å². The summed E-state index contributed by atoms with van der Waals surface area (Å²) >= 11 is 1.52. The Balaban J connectivity index is 1.50. The van der Waals surface area contributed by atoms with E-state index in [0.29, 0.717) is 22.6 Å². The van der Waals surface area contributed by atoms with Crippen LogP contribution in [-0.2, 0) is 20.7 Å². The minimum absolute atomic E-state index is 0.0431. The number of nitrogens with zero attached hydrogens (tertiary/aromatic N) is 2. The smallest absolute Gasteiger partial charge is 0.330 e. The lowest BCUT2D eigenvalue weighted by Gasteiger charge is -2.41. The van der Waals surface area contributed by atoms with Gasteiger partial charge in [0.05, 0.1) is 17.0 Å². The Morgan fingerprint density at radius 1 is 1.00 bits per heavy atom. The summed E-state index contributed by atoms with van der Waals surface area (Å²) in [6.45, 7) is 0. The molecular formula is C27H25N3O5S. The van der Waals surface area contributed by atoms with Crippen LogP contribution in [0, 0.1) is 10.1 Å². The van der Waals surface area contributed by atoms with Crippen molar-refractivity contribution in [2.24, 2.45) is 5.73 Å². The molecule has 8 nitrogen and oxygen atoms in total. The van der Waals surface area contributed by atoms with E-state index in [1.54, 1.807) is 12.1 Å². The van der Waals surface area contributed by atoms with Crippen molar-refractivity contribution in [2.75, 3.05) is 11.5 Å². The van der Waals surface area contributed by atoms with E-state index in [4.69, 9.17) is 10.5 Å². The van der Waals surface area contributed by atoms with Crippen LogP contribution in [0.1, 0.15) is 34.4 Å². The zero-order valence-electron chi connectivity index (χ0n) is 19.4. The highest BCUT2D eigenvalue weighted by Crippen LogP contribution is 2.41. The third-order valence-corrected chi connectivity index (χ3v) is 7.78. The number of ether oxygens (including phenoxy) is 1. The average molecular weight is 504 g/mol. The van der Waals surface area contributed by atoms with E-state index in [-0.39, 0.29) is 12.1 Å². The first kappa shape index (κ1) is 24.0. The first-order valence-electron chi connectivity index (χ1n) is 11.7.